The van der Waals surface area contributed by atoms with Gasteiger partial charge in [0.1, 0.15) is 0 Å². The zero-order valence-electron chi connectivity index (χ0n) is 8.96. The highest BCUT2D eigenvalue weighted by atomic mass is 16.4. The molecular formula is C11H21NO2. The minimum absolute atomic E-state index is 0.279. The fourth-order valence-electron chi connectivity index (χ4n) is 2.56. The summed E-state index contributed by atoms with van der Waals surface area (Å²) >= 11 is 0. The van der Waals surface area contributed by atoms with Gasteiger partial charge in [0.2, 0.25) is 0 Å². The van der Waals surface area contributed by atoms with Crippen molar-refractivity contribution in [2.45, 2.75) is 45.4 Å². The summed E-state index contributed by atoms with van der Waals surface area (Å²) in [7, 11) is 0. The Morgan fingerprint density at radius 3 is 2.50 bits per heavy atom. The number of aliphatic carboxylic acids is 1. The lowest BCUT2D eigenvalue weighted by Crippen LogP contribution is -2.36. The number of rotatable bonds is 6. The third-order valence-corrected chi connectivity index (χ3v) is 3.51. The van der Waals surface area contributed by atoms with Crippen LogP contribution >= 0.6 is 0 Å². The van der Waals surface area contributed by atoms with E-state index in [1.165, 1.54) is 19.3 Å². The van der Waals surface area contributed by atoms with Gasteiger partial charge in [-0.05, 0) is 31.1 Å². The molecule has 0 spiro atoms. The van der Waals surface area contributed by atoms with Crippen LogP contribution in [-0.2, 0) is 4.79 Å². The maximum absolute atomic E-state index is 10.9. The lowest BCUT2D eigenvalue weighted by atomic mass is 9.62. The van der Waals surface area contributed by atoms with E-state index >= 15 is 0 Å². The summed E-state index contributed by atoms with van der Waals surface area (Å²) in [5.74, 6) is -1.06. The van der Waals surface area contributed by atoms with E-state index in [4.69, 9.17) is 10.8 Å². The minimum atomic E-state index is -0.727. The molecule has 3 N–H and O–H groups in total. The SMILES string of the molecule is CCCC1(CC(CN)C(=O)O)CCC1. The first-order valence-electron chi connectivity index (χ1n) is 5.56. The van der Waals surface area contributed by atoms with Crippen molar-refractivity contribution in [3.05, 3.63) is 0 Å². The van der Waals surface area contributed by atoms with Crippen LogP contribution in [0.25, 0.3) is 0 Å². The Labute approximate surface area is 85.7 Å². The molecule has 1 saturated carbocycles. The average molecular weight is 199 g/mol. The molecule has 0 aromatic carbocycles. The molecule has 14 heavy (non-hydrogen) atoms. The van der Waals surface area contributed by atoms with Crippen LogP contribution in [0.3, 0.4) is 0 Å². The maximum Gasteiger partial charge on any atom is 0.307 e. The number of carbonyl (C=O) groups is 1. The molecular weight excluding hydrogens is 178 g/mol. The molecule has 0 heterocycles. The van der Waals surface area contributed by atoms with Crippen molar-refractivity contribution in [2.75, 3.05) is 6.54 Å². The summed E-state index contributed by atoms with van der Waals surface area (Å²) in [5, 5.41) is 8.94. The first-order chi connectivity index (χ1) is 6.63. The molecule has 0 saturated heterocycles. The Balaban J connectivity index is 2.50. The molecule has 3 heteroatoms. The smallest absolute Gasteiger partial charge is 0.307 e. The number of carboxylic acid groups (broad SMARTS) is 1. The minimum Gasteiger partial charge on any atom is -0.481 e. The van der Waals surface area contributed by atoms with Gasteiger partial charge in [-0.25, -0.2) is 0 Å². The van der Waals surface area contributed by atoms with Gasteiger partial charge in [0.05, 0.1) is 5.92 Å². The number of carboxylic acids is 1. The van der Waals surface area contributed by atoms with Crippen molar-refractivity contribution in [1.82, 2.24) is 0 Å². The number of hydrogen-bond donors (Lipinski definition) is 2. The molecule has 1 atom stereocenters. The predicted molar refractivity (Wildman–Crippen MR) is 56.0 cm³/mol. The summed E-state index contributed by atoms with van der Waals surface area (Å²) in [4.78, 5) is 10.9. The molecule has 1 rings (SSSR count). The van der Waals surface area contributed by atoms with Gasteiger partial charge in [-0.1, -0.05) is 19.8 Å². The molecule has 3 nitrogen and oxygen atoms in total. The van der Waals surface area contributed by atoms with E-state index in [0.29, 0.717) is 5.41 Å². The Kier molecular flexibility index (Phi) is 3.93. The van der Waals surface area contributed by atoms with E-state index in [2.05, 4.69) is 6.92 Å². The van der Waals surface area contributed by atoms with Crippen LogP contribution in [0.15, 0.2) is 0 Å². The maximum atomic E-state index is 10.9. The Hall–Kier alpha value is -0.570. The van der Waals surface area contributed by atoms with Gasteiger partial charge in [0.15, 0.2) is 0 Å². The van der Waals surface area contributed by atoms with Gasteiger partial charge >= 0.3 is 5.97 Å². The first-order valence-corrected chi connectivity index (χ1v) is 5.56. The average Bonchev–Trinajstić information content (AvgIpc) is 2.09. The van der Waals surface area contributed by atoms with Crippen LogP contribution in [0.4, 0.5) is 0 Å². The molecule has 1 aliphatic carbocycles. The molecule has 82 valence electrons. The van der Waals surface area contributed by atoms with Crippen LogP contribution in [0.2, 0.25) is 0 Å². The zero-order chi connectivity index (χ0) is 10.6. The van der Waals surface area contributed by atoms with E-state index in [1.54, 1.807) is 0 Å². The predicted octanol–water partition coefficient (Wildman–Crippen LogP) is 2.01. The summed E-state index contributed by atoms with van der Waals surface area (Å²) in [5.41, 5.74) is 5.79. The molecule has 0 aromatic rings. The highest BCUT2D eigenvalue weighted by molar-refractivity contribution is 5.70. The molecule has 1 fully saturated rings. The van der Waals surface area contributed by atoms with Crippen molar-refractivity contribution in [3.63, 3.8) is 0 Å². The van der Waals surface area contributed by atoms with Crippen LogP contribution in [-0.4, -0.2) is 17.6 Å². The van der Waals surface area contributed by atoms with Crippen molar-refractivity contribution in [1.29, 1.82) is 0 Å². The first kappa shape index (κ1) is 11.5. The monoisotopic (exact) mass is 199 g/mol. The Morgan fingerprint density at radius 2 is 2.21 bits per heavy atom. The van der Waals surface area contributed by atoms with Gasteiger partial charge in [-0.2, -0.15) is 0 Å². The van der Waals surface area contributed by atoms with Gasteiger partial charge < -0.3 is 10.8 Å². The molecule has 0 radical (unpaired) electrons. The lowest BCUT2D eigenvalue weighted by molar-refractivity contribution is -0.143. The fraction of sp³-hybridized carbons (Fsp3) is 0.909. The quantitative estimate of drug-likeness (QED) is 0.687. The van der Waals surface area contributed by atoms with Gasteiger partial charge in [0.25, 0.3) is 0 Å². The molecule has 0 amide bonds. The lowest BCUT2D eigenvalue weighted by Gasteiger charge is -2.43. The third kappa shape index (κ3) is 2.47. The fourth-order valence-corrected chi connectivity index (χ4v) is 2.56. The van der Waals surface area contributed by atoms with Crippen LogP contribution in [0.1, 0.15) is 45.4 Å². The number of hydrogen-bond acceptors (Lipinski definition) is 2. The Bertz CT molecular complexity index is 199. The van der Waals surface area contributed by atoms with Crippen LogP contribution in [0.5, 0.6) is 0 Å². The summed E-state index contributed by atoms with van der Waals surface area (Å²) in [6.07, 6.45) is 6.76. The largest absolute Gasteiger partial charge is 0.481 e. The normalized spacial score (nSPS) is 21.3. The standard InChI is InChI=1S/C11H21NO2/c1-2-4-11(5-3-6-11)7-9(8-12)10(13)14/h9H,2-8,12H2,1H3,(H,13,14). The second kappa shape index (κ2) is 4.78. The van der Waals surface area contributed by atoms with Crippen LogP contribution < -0.4 is 5.73 Å². The molecule has 1 aliphatic rings. The molecule has 0 bridgehead atoms. The van der Waals surface area contributed by atoms with E-state index in [-0.39, 0.29) is 12.5 Å². The molecule has 0 aromatic heterocycles. The van der Waals surface area contributed by atoms with E-state index in [9.17, 15) is 4.79 Å². The molecule has 0 aliphatic heterocycles. The second-order valence-electron chi connectivity index (χ2n) is 4.58. The number of nitrogens with two attached hydrogens (primary N) is 1. The van der Waals surface area contributed by atoms with Gasteiger partial charge in [-0.3, -0.25) is 4.79 Å². The van der Waals surface area contributed by atoms with Gasteiger partial charge in [-0.15, -0.1) is 0 Å². The van der Waals surface area contributed by atoms with Crippen molar-refractivity contribution >= 4 is 5.97 Å². The zero-order valence-corrected chi connectivity index (χ0v) is 8.96. The van der Waals surface area contributed by atoms with E-state index < -0.39 is 5.97 Å². The van der Waals surface area contributed by atoms with Crippen molar-refractivity contribution in [2.24, 2.45) is 17.1 Å². The van der Waals surface area contributed by atoms with Crippen molar-refractivity contribution in [3.8, 4) is 0 Å². The van der Waals surface area contributed by atoms with E-state index in [0.717, 1.165) is 19.3 Å². The summed E-state index contributed by atoms with van der Waals surface area (Å²) in [6, 6.07) is 0. The topological polar surface area (TPSA) is 63.3 Å². The Morgan fingerprint density at radius 1 is 1.57 bits per heavy atom. The molecule has 1 unspecified atom stereocenters. The summed E-state index contributed by atoms with van der Waals surface area (Å²) in [6.45, 7) is 2.44. The van der Waals surface area contributed by atoms with Crippen LogP contribution in [0, 0.1) is 11.3 Å². The van der Waals surface area contributed by atoms with Gasteiger partial charge in [0, 0.05) is 6.54 Å². The van der Waals surface area contributed by atoms with E-state index in [1.807, 2.05) is 0 Å². The highest BCUT2D eigenvalue weighted by Gasteiger charge is 2.39. The highest BCUT2D eigenvalue weighted by Crippen LogP contribution is 2.49. The third-order valence-electron chi connectivity index (χ3n) is 3.51. The summed E-state index contributed by atoms with van der Waals surface area (Å²) < 4.78 is 0. The second-order valence-corrected chi connectivity index (χ2v) is 4.58. The van der Waals surface area contributed by atoms with Crippen molar-refractivity contribution < 1.29 is 9.90 Å².